The molecule has 0 fully saturated rings. The third-order valence-corrected chi connectivity index (χ3v) is 2.93. The van der Waals surface area contributed by atoms with E-state index in [1.54, 1.807) is 0 Å². The van der Waals surface area contributed by atoms with Gasteiger partial charge < -0.3 is 10.6 Å². The van der Waals surface area contributed by atoms with Gasteiger partial charge in [0.1, 0.15) is 0 Å². The first-order valence-electron chi connectivity index (χ1n) is 7.15. The summed E-state index contributed by atoms with van der Waals surface area (Å²) in [5.41, 5.74) is 2.78. The number of hydrogen-bond acceptors (Lipinski definition) is 2. The zero-order chi connectivity index (χ0) is 13.2. The van der Waals surface area contributed by atoms with E-state index in [2.05, 4.69) is 55.7 Å². The summed E-state index contributed by atoms with van der Waals surface area (Å²) < 4.78 is 0. The fourth-order valence-electron chi connectivity index (χ4n) is 1.95. The van der Waals surface area contributed by atoms with Crippen molar-refractivity contribution in [3.8, 4) is 0 Å². The third-order valence-electron chi connectivity index (χ3n) is 2.93. The molecule has 0 aromatic heterocycles. The molecule has 102 valence electrons. The Morgan fingerprint density at radius 3 is 2.56 bits per heavy atom. The fourth-order valence-corrected chi connectivity index (χ4v) is 1.95. The number of hydrogen-bond donors (Lipinski definition) is 2. The molecule has 0 aliphatic rings. The van der Waals surface area contributed by atoms with Crippen molar-refractivity contribution in [2.45, 2.75) is 33.6 Å². The van der Waals surface area contributed by atoms with Crippen LogP contribution < -0.4 is 10.6 Å². The summed E-state index contributed by atoms with van der Waals surface area (Å²) in [7, 11) is 0. The van der Waals surface area contributed by atoms with Crippen LogP contribution in [0.2, 0.25) is 0 Å². The summed E-state index contributed by atoms with van der Waals surface area (Å²) >= 11 is 0. The molecule has 0 atom stereocenters. The van der Waals surface area contributed by atoms with Gasteiger partial charge in [0.05, 0.1) is 0 Å². The van der Waals surface area contributed by atoms with Crippen molar-refractivity contribution in [2.24, 2.45) is 5.92 Å². The summed E-state index contributed by atoms with van der Waals surface area (Å²) in [6, 6.07) is 8.77. The number of benzene rings is 1. The molecule has 2 nitrogen and oxygen atoms in total. The SMILES string of the molecule is Cc1cccc(CCNCCCNCC(C)C)c1. The van der Waals surface area contributed by atoms with Crippen molar-refractivity contribution >= 4 is 0 Å². The molecule has 0 saturated carbocycles. The lowest BCUT2D eigenvalue weighted by Crippen LogP contribution is -2.25. The van der Waals surface area contributed by atoms with Crippen LogP contribution in [-0.2, 0) is 6.42 Å². The summed E-state index contributed by atoms with van der Waals surface area (Å²) in [4.78, 5) is 0. The maximum atomic E-state index is 3.50. The van der Waals surface area contributed by atoms with E-state index in [0.29, 0.717) is 0 Å². The maximum Gasteiger partial charge on any atom is -0.000834 e. The van der Waals surface area contributed by atoms with E-state index in [4.69, 9.17) is 0 Å². The molecule has 0 unspecified atom stereocenters. The molecule has 0 amide bonds. The Bertz CT molecular complexity index is 321. The van der Waals surface area contributed by atoms with Crippen LogP contribution in [0.4, 0.5) is 0 Å². The standard InChI is InChI=1S/C16H28N2/c1-14(2)13-18-10-5-9-17-11-8-16-7-4-6-15(3)12-16/h4,6-7,12,14,17-18H,5,8-11,13H2,1-3H3. The third kappa shape index (κ3) is 7.46. The molecule has 0 radical (unpaired) electrons. The van der Waals surface area contributed by atoms with Gasteiger partial charge in [-0.1, -0.05) is 43.7 Å². The van der Waals surface area contributed by atoms with Gasteiger partial charge in [-0.2, -0.15) is 0 Å². The van der Waals surface area contributed by atoms with Crippen LogP contribution in [0.25, 0.3) is 0 Å². The Kier molecular flexibility index (Phi) is 7.70. The molecule has 0 aliphatic heterocycles. The van der Waals surface area contributed by atoms with Crippen molar-refractivity contribution in [1.29, 1.82) is 0 Å². The van der Waals surface area contributed by atoms with E-state index < -0.39 is 0 Å². The summed E-state index contributed by atoms with van der Waals surface area (Å²) in [6.07, 6.45) is 2.33. The predicted molar refractivity (Wildman–Crippen MR) is 80.1 cm³/mol. The first-order chi connectivity index (χ1) is 8.68. The van der Waals surface area contributed by atoms with Crippen LogP contribution >= 0.6 is 0 Å². The highest BCUT2D eigenvalue weighted by Gasteiger charge is 1.94. The van der Waals surface area contributed by atoms with E-state index in [1.807, 2.05) is 0 Å². The number of aryl methyl sites for hydroxylation is 1. The van der Waals surface area contributed by atoms with Gasteiger partial charge in [0.15, 0.2) is 0 Å². The Morgan fingerprint density at radius 2 is 1.83 bits per heavy atom. The van der Waals surface area contributed by atoms with E-state index >= 15 is 0 Å². The van der Waals surface area contributed by atoms with Crippen molar-refractivity contribution in [2.75, 3.05) is 26.2 Å². The second kappa shape index (κ2) is 9.12. The second-order valence-electron chi connectivity index (χ2n) is 5.44. The number of nitrogens with one attached hydrogen (secondary N) is 2. The van der Waals surface area contributed by atoms with E-state index in [1.165, 1.54) is 17.5 Å². The summed E-state index contributed by atoms with van der Waals surface area (Å²) in [5, 5.41) is 6.96. The number of rotatable bonds is 9. The van der Waals surface area contributed by atoms with Crippen molar-refractivity contribution in [3.63, 3.8) is 0 Å². The Morgan fingerprint density at radius 1 is 1.06 bits per heavy atom. The molecule has 1 aromatic carbocycles. The molecule has 2 heteroatoms. The minimum Gasteiger partial charge on any atom is -0.316 e. The van der Waals surface area contributed by atoms with Gasteiger partial charge in [0.25, 0.3) is 0 Å². The molecule has 0 aliphatic carbocycles. The van der Waals surface area contributed by atoms with E-state index in [-0.39, 0.29) is 0 Å². The van der Waals surface area contributed by atoms with E-state index in [9.17, 15) is 0 Å². The topological polar surface area (TPSA) is 24.1 Å². The lowest BCUT2D eigenvalue weighted by Gasteiger charge is -2.08. The average molecular weight is 248 g/mol. The van der Waals surface area contributed by atoms with Gasteiger partial charge in [-0.15, -0.1) is 0 Å². The molecule has 0 bridgehead atoms. The summed E-state index contributed by atoms with van der Waals surface area (Å²) in [6.45, 7) is 11.1. The molecular weight excluding hydrogens is 220 g/mol. The summed E-state index contributed by atoms with van der Waals surface area (Å²) in [5.74, 6) is 0.749. The molecule has 1 rings (SSSR count). The fraction of sp³-hybridized carbons (Fsp3) is 0.625. The largest absolute Gasteiger partial charge is 0.316 e. The van der Waals surface area contributed by atoms with Gasteiger partial charge in [-0.05, 0) is 57.4 Å². The Labute approximate surface area is 112 Å². The Balaban J connectivity index is 1.96. The van der Waals surface area contributed by atoms with Gasteiger partial charge in [-0.3, -0.25) is 0 Å². The van der Waals surface area contributed by atoms with Crippen LogP contribution in [0.3, 0.4) is 0 Å². The van der Waals surface area contributed by atoms with Crippen LogP contribution in [0.1, 0.15) is 31.4 Å². The van der Waals surface area contributed by atoms with Crippen LogP contribution in [-0.4, -0.2) is 26.2 Å². The first-order valence-corrected chi connectivity index (χ1v) is 7.15. The molecular formula is C16H28N2. The minimum absolute atomic E-state index is 0.749. The molecule has 18 heavy (non-hydrogen) atoms. The zero-order valence-corrected chi connectivity index (χ0v) is 12.1. The van der Waals surface area contributed by atoms with Gasteiger partial charge in [-0.25, -0.2) is 0 Å². The molecule has 1 aromatic rings. The van der Waals surface area contributed by atoms with Crippen molar-refractivity contribution in [1.82, 2.24) is 10.6 Å². The highest BCUT2D eigenvalue weighted by Crippen LogP contribution is 2.03. The first kappa shape index (κ1) is 15.2. The van der Waals surface area contributed by atoms with E-state index in [0.717, 1.165) is 38.5 Å². The zero-order valence-electron chi connectivity index (χ0n) is 12.1. The molecule has 0 saturated heterocycles. The molecule has 2 N–H and O–H groups in total. The molecule has 0 heterocycles. The van der Waals surface area contributed by atoms with Gasteiger partial charge in [0.2, 0.25) is 0 Å². The maximum absolute atomic E-state index is 3.50. The van der Waals surface area contributed by atoms with Crippen LogP contribution in [0, 0.1) is 12.8 Å². The lowest BCUT2D eigenvalue weighted by molar-refractivity contribution is 0.531. The molecule has 0 spiro atoms. The quantitative estimate of drug-likeness (QED) is 0.657. The lowest BCUT2D eigenvalue weighted by atomic mass is 10.1. The van der Waals surface area contributed by atoms with Gasteiger partial charge >= 0.3 is 0 Å². The highest BCUT2D eigenvalue weighted by molar-refractivity contribution is 5.22. The second-order valence-corrected chi connectivity index (χ2v) is 5.44. The van der Waals surface area contributed by atoms with Crippen molar-refractivity contribution in [3.05, 3.63) is 35.4 Å². The smallest absolute Gasteiger partial charge is 0.000834 e. The normalized spacial score (nSPS) is 11.1. The Hall–Kier alpha value is -0.860. The monoisotopic (exact) mass is 248 g/mol. The minimum atomic E-state index is 0.749. The predicted octanol–water partition coefficient (Wildman–Crippen LogP) is 2.76. The van der Waals surface area contributed by atoms with Gasteiger partial charge in [0, 0.05) is 0 Å². The van der Waals surface area contributed by atoms with Crippen LogP contribution in [0.5, 0.6) is 0 Å². The highest BCUT2D eigenvalue weighted by atomic mass is 14.9. The van der Waals surface area contributed by atoms with Crippen molar-refractivity contribution < 1.29 is 0 Å². The van der Waals surface area contributed by atoms with Crippen LogP contribution in [0.15, 0.2) is 24.3 Å². The average Bonchev–Trinajstić information content (AvgIpc) is 2.32.